The lowest BCUT2D eigenvalue weighted by atomic mass is 10.1. The van der Waals surface area contributed by atoms with E-state index in [1.54, 1.807) is 14.0 Å². The topological polar surface area (TPSA) is 86.7 Å². The molecule has 1 rings (SSSR count). The molecule has 0 heterocycles. The summed E-state index contributed by atoms with van der Waals surface area (Å²) in [6.45, 7) is 2.72. The predicted octanol–water partition coefficient (Wildman–Crippen LogP) is 1.69. The number of nitrogens with zero attached hydrogens (tertiary/aromatic N) is 1. The highest BCUT2D eigenvalue weighted by atomic mass is 79.9. The van der Waals surface area contributed by atoms with Gasteiger partial charge in [-0.25, -0.2) is 17.5 Å². The van der Waals surface area contributed by atoms with Crippen molar-refractivity contribution < 1.29 is 18.3 Å². The Balaban J connectivity index is 3.21. The Morgan fingerprint density at radius 2 is 2.05 bits per heavy atom. The van der Waals surface area contributed by atoms with Crippen molar-refractivity contribution in [3.8, 4) is 0 Å². The molecule has 0 atom stereocenters. The van der Waals surface area contributed by atoms with Crippen molar-refractivity contribution in [2.75, 3.05) is 27.2 Å². The van der Waals surface area contributed by atoms with E-state index in [4.69, 9.17) is 5.11 Å². The second-order valence-electron chi connectivity index (χ2n) is 4.69. The minimum absolute atomic E-state index is 0.0214. The lowest BCUT2D eigenvalue weighted by Gasteiger charge is -2.19. The van der Waals surface area contributed by atoms with Crippen LogP contribution in [-0.2, 0) is 10.0 Å². The van der Waals surface area contributed by atoms with Gasteiger partial charge in [-0.3, -0.25) is 0 Å². The molecule has 2 N–H and O–H groups in total. The van der Waals surface area contributed by atoms with E-state index in [1.807, 2.05) is 0 Å². The standard InChI is InChI=1S/C13H19BrN2O4S/c1-9-7-10(13(17)18)8-11(12(9)14)21(19,20)16(3)6-4-5-15-2/h7-8,15H,4-6H2,1-3H3,(H,17,18). The van der Waals surface area contributed by atoms with Crippen LogP contribution in [0.25, 0.3) is 0 Å². The summed E-state index contributed by atoms with van der Waals surface area (Å²) in [5, 5.41) is 12.0. The molecular weight excluding hydrogens is 360 g/mol. The lowest BCUT2D eigenvalue weighted by molar-refractivity contribution is 0.0696. The maximum absolute atomic E-state index is 12.6. The molecule has 0 aliphatic carbocycles. The Morgan fingerprint density at radius 3 is 2.57 bits per heavy atom. The van der Waals surface area contributed by atoms with Crippen molar-refractivity contribution in [1.82, 2.24) is 9.62 Å². The number of nitrogens with one attached hydrogen (secondary N) is 1. The van der Waals surface area contributed by atoms with E-state index in [0.29, 0.717) is 29.5 Å². The first kappa shape index (κ1) is 18.1. The summed E-state index contributed by atoms with van der Waals surface area (Å²) in [6.07, 6.45) is 0.668. The molecule has 0 bridgehead atoms. The molecule has 0 radical (unpaired) electrons. The molecule has 118 valence electrons. The minimum atomic E-state index is -3.73. The second kappa shape index (κ2) is 7.35. The number of sulfonamides is 1. The Bertz CT molecular complexity index is 631. The molecule has 6 nitrogen and oxygen atoms in total. The monoisotopic (exact) mass is 378 g/mol. The zero-order valence-corrected chi connectivity index (χ0v) is 14.6. The van der Waals surface area contributed by atoms with E-state index >= 15 is 0 Å². The number of rotatable bonds is 7. The first-order valence-corrected chi connectivity index (χ1v) is 8.59. The number of carboxylic acid groups (broad SMARTS) is 1. The molecule has 21 heavy (non-hydrogen) atoms. The average Bonchev–Trinajstić information content (AvgIpc) is 2.41. The van der Waals surface area contributed by atoms with Gasteiger partial charge >= 0.3 is 5.97 Å². The third-order valence-electron chi connectivity index (χ3n) is 3.06. The maximum atomic E-state index is 12.6. The van der Waals surface area contributed by atoms with Crippen LogP contribution >= 0.6 is 15.9 Å². The first-order chi connectivity index (χ1) is 9.71. The zero-order chi connectivity index (χ0) is 16.2. The maximum Gasteiger partial charge on any atom is 0.335 e. The number of carbonyl (C=O) groups is 1. The van der Waals surface area contributed by atoms with Gasteiger partial charge in [-0.1, -0.05) is 0 Å². The summed E-state index contributed by atoms with van der Waals surface area (Å²) in [5.74, 6) is -1.15. The van der Waals surface area contributed by atoms with Crippen LogP contribution in [0.4, 0.5) is 0 Å². The highest BCUT2D eigenvalue weighted by Crippen LogP contribution is 2.29. The van der Waals surface area contributed by atoms with Gasteiger partial charge in [0.05, 0.1) is 10.5 Å². The van der Waals surface area contributed by atoms with Gasteiger partial charge in [0.25, 0.3) is 0 Å². The number of aromatic carboxylic acids is 1. The van der Waals surface area contributed by atoms with Crippen molar-refractivity contribution in [2.24, 2.45) is 0 Å². The number of hydrogen-bond acceptors (Lipinski definition) is 4. The molecular formula is C13H19BrN2O4S. The average molecular weight is 379 g/mol. The van der Waals surface area contributed by atoms with Gasteiger partial charge < -0.3 is 10.4 Å². The molecule has 0 aromatic heterocycles. The van der Waals surface area contributed by atoms with E-state index < -0.39 is 16.0 Å². The molecule has 0 fully saturated rings. The Hall–Kier alpha value is -0.960. The number of hydrogen-bond donors (Lipinski definition) is 2. The van der Waals surface area contributed by atoms with Crippen molar-refractivity contribution >= 4 is 31.9 Å². The van der Waals surface area contributed by atoms with E-state index in [-0.39, 0.29) is 10.5 Å². The highest BCUT2D eigenvalue weighted by Gasteiger charge is 2.25. The zero-order valence-electron chi connectivity index (χ0n) is 12.2. The largest absolute Gasteiger partial charge is 0.478 e. The molecule has 0 saturated carbocycles. The summed E-state index contributed by atoms with van der Waals surface area (Å²) < 4.78 is 26.7. The van der Waals surface area contributed by atoms with Crippen LogP contribution in [0.15, 0.2) is 21.5 Å². The summed E-state index contributed by atoms with van der Waals surface area (Å²) in [7, 11) is -0.451. The fourth-order valence-corrected chi connectivity index (χ4v) is 4.03. The highest BCUT2D eigenvalue weighted by molar-refractivity contribution is 9.10. The molecule has 1 aromatic carbocycles. The molecule has 0 spiro atoms. The van der Waals surface area contributed by atoms with Crippen LogP contribution in [0.5, 0.6) is 0 Å². The van der Waals surface area contributed by atoms with Crippen LogP contribution in [0, 0.1) is 6.92 Å². The SMILES string of the molecule is CNCCCN(C)S(=O)(=O)c1cc(C(=O)O)cc(C)c1Br. The van der Waals surface area contributed by atoms with Gasteiger partial charge in [-0.15, -0.1) is 0 Å². The third-order valence-corrected chi connectivity index (χ3v) is 6.25. The third kappa shape index (κ3) is 4.26. The smallest absolute Gasteiger partial charge is 0.335 e. The Kier molecular flexibility index (Phi) is 6.33. The van der Waals surface area contributed by atoms with Gasteiger partial charge in [0.1, 0.15) is 0 Å². The molecule has 0 aliphatic rings. The number of carboxylic acids is 1. The van der Waals surface area contributed by atoms with Gasteiger partial charge in [0.2, 0.25) is 10.0 Å². The fourth-order valence-electron chi connectivity index (χ4n) is 1.81. The molecule has 0 saturated heterocycles. The van der Waals surface area contributed by atoms with Gasteiger partial charge in [0.15, 0.2) is 0 Å². The summed E-state index contributed by atoms with van der Waals surface area (Å²) in [6, 6.07) is 2.62. The fraction of sp³-hybridized carbons (Fsp3) is 0.462. The van der Waals surface area contributed by atoms with E-state index in [0.717, 1.165) is 0 Å². The van der Waals surface area contributed by atoms with Crippen LogP contribution < -0.4 is 5.32 Å². The second-order valence-corrected chi connectivity index (χ2v) is 7.50. The van der Waals surface area contributed by atoms with E-state index in [2.05, 4.69) is 21.2 Å². The predicted molar refractivity (Wildman–Crippen MR) is 84.2 cm³/mol. The van der Waals surface area contributed by atoms with Crippen molar-refractivity contribution in [3.63, 3.8) is 0 Å². The Labute approximate surface area is 133 Å². The van der Waals surface area contributed by atoms with Crippen LogP contribution in [-0.4, -0.2) is 51.0 Å². The summed E-state index contributed by atoms with van der Waals surface area (Å²) in [4.78, 5) is 11.1. The van der Waals surface area contributed by atoms with Gasteiger partial charge in [0, 0.05) is 18.1 Å². The Morgan fingerprint density at radius 1 is 1.43 bits per heavy atom. The van der Waals surface area contributed by atoms with Crippen molar-refractivity contribution in [1.29, 1.82) is 0 Å². The molecule has 0 unspecified atom stereocenters. The number of aryl methyl sites for hydroxylation is 1. The van der Waals surface area contributed by atoms with Gasteiger partial charge in [-0.05, 0) is 60.6 Å². The number of halogens is 1. The first-order valence-electron chi connectivity index (χ1n) is 6.36. The van der Waals surface area contributed by atoms with Crippen LogP contribution in [0.2, 0.25) is 0 Å². The quantitative estimate of drug-likeness (QED) is 0.704. The summed E-state index contributed by atoms with van der Waals surface area (Å²) >= 11 is 3.24. The van der Waals surface area contributed by atoms with Crippen molar-refractivity contribution in [2.45, 2.75) is 18.2 Å². The van der Waals surface area contributed by atoms with Crippen molar-refractivity contribution in [3.05, 3.63) is 27.7 Å². The molecule has 1 aromatic rings. The van der Waals surface area contributed by atoms with E-state index in [9.17, 15) is 13.2 Å². The van der Waals surface area contributed by atoms with Crippen LogP contribution in [0.3, 0.4) is 0 Å². The molecule has 0 aliphatic heterocycles. The lowest BCUT2D eigenvalue weighted by Crippen LogP contribution is -2.30. The number of benzene rings is 1. The normalized spacial score (nSPS) is 11.9. The molecule has 0 amide bonds. The van der Waals surface area contributed by atoms with E-state index in [1.165, 1.54) is 23.5 Å². The van der Waals surface area contributed by atoms with Gasteiger partial charge in [-0.2, -0.15) is 0 Å². The molecule has 8 heteroatoms. The van der Waals surface area contributed by atoms with Crippen LogP contribution in [0.1, 0.15) is 22.3 Å². The minimum Gasteiger partial charge on any atom is -0.478 e. The summed E-state index contributed by atoms with van der Waals surface area (Å²) in [5.41, 5.74) is 0.523.